The van der Waals surface area contributed by atoms with E-state index in [1.54, 1.807) is 20.8 Å². The third kappa shape index (κ3) is 4.83. The van der Waals surface area contributed by atoms with Gasteiger partial charge >= 0.3 is 11.9 Å². The highest BCUT2D eigenvalue weighted by Crippen LogP contribution is 2.42. The average molecular weight is 443 g/mol. The molecule has 6 nitrogen and oxygen atoms in total. The summed E-state index contributed by atoms with van der Waals surface area (Å²) in [5, 5.41) is 2.04. The Hall–Kier alpha value is -2.64. The van der Waals surface area contributed by atoms with Crippen LogP contribution in [0.15, 0.2) is 48.0 Å². The number of esters is 2. The summed E-state index contributed by atoms with van der Waals surface area (Å²) in [7, 11) is -1.04. The lowest BCUT2D eigenvalue weighted by atomic mass is 9.93. The van der Waals surface area contributed by atoms with Crippen molar-refractivity contribution in [3.63, 3.8) is 0 Å². The minimum absolute atomic E-state index is 0.0481. The fourth-order valence-corrected chi connectivity index (χ4v) is 4.91. The number of carbonyl (C=O) groups excluding carboxylic acids is 2. The first-order valence-corrected chi connectivity index (χ1v) is 13.7. The molecule has 1 unspecified atom stereocenters. The Balaban J connectivity index is 2.25. The van der Waals surface area contributed by atoms with E-state index < -0.39 is 31.5 Å². The molecule has 0 saturated heterocycles. The van der Waals surface area contributed by atoms with Crippen molar-refractivity contribution in [3.05, 3.63) is 53.6 Å². The van der Waals surface area contributed by atoms with Gasteiger partial charge in [0.05, 0.1) is 7.11 Å². The van der Waals surface area contributed by atoms with E-state index >= 15 is 0 Å². The van der Waals surface area contributed by atoms with Gasteiger partial charge in [-0.3, -0.25) is 0 Å². The Morgan fingerprint density at radius 3 is 2.26 bits per heavy atom. The van der Waals surface area contributed by atoms with Crippen LogP contribution in [0.2, 0.25) is 19.6 Å². The molecular weight excluding hydrogens is 412 g/mol. The van der Waals surface area contributed by atoms with E-state index in [1.165, 1.54) is 7.11 Å². The second-order valence-corrected chi connectivity index (χ2v) is 14.0. The van der Waals surface area contributed by atoms with Crippen LogP contribution in [-0.2, 0) is 28.2 Å². The number of carbonyl (C=O) groups is 2. The van der Waals surface area contributed by atoms with Crippen LogP contribution in [0, 0.1) is 0 Å². The molecule has 1 atom stereocenters. The van der Waals surface area contributed by atoms with Crippen molar-refractivity contribution in [1.29, 1.82) is 0 Å². The molecule has 0 aliphatic carbocycles. The Labute approximate surface area is 184 Å². The Bertz CT molecular complexity index is 1040. The van der Waals surface area contributed by atoms with Gasteiger partial charge in [0.2, 0.25) is 5.60 Å². The van der Waals surface area contributed by atoms with E-state index in [1.807, 2.05) is 62.1 Å². The first-order valence-electron chi connectivity index (χ1n) is 10.2. The van der Waals surface area contributed by atoms with Crippen molar-refractivity contribution in [2.75, 3.05) is 13.7 Å². The summed E-state index contributed by atoms with van der Waals surface area (Å²) >= 11 is 0. The van der Waals surface area contributed by atoms with Gasteiger partial charge in [0.15, 0.2) is 8.32 Å². The number of ether oxygens (including phenoxy) is 3. The van der Waals surface area contributed by atoms with E-state index in [0.29, 0.717) is 5.56 Å². The average Bonchev–Trinajstić information content (AvgIpc) is 3.04. The third-order valence-corrected chi connectivity index (χ3v) is 5.62. The minimum atomic E-state index is -2.32. The van der Waals surface area contributed by atoms with Gasteiger partial charge in [-0.25, -0.2) is 9.59 Å². The Morgan fingerprint density at radius 1 is 1.03 bits per heavy atom. The van der Waals surface area contributed by atoms with Crippen LogP contribution < -0.4 is 0 Å². The number of hydrogen-bond donors (Lipinski definition) is 0. The minimum Gasteiger partial charge on any atom is -0.488 e. The summed E-state index contributed by atoms with van der Waals surface area (Å²) < 4.78 is 23.1. The largest absolute Gasteiger partial charge is 0.488 e. The lowest BCUT2D eigenvalue weighted by Gasteiger charge is -2.34. The summed E-state index contributed by atoms with van der Waals surface area (Å²) in [5.41, 5.74) is -1.72. The van der Waals surface area contributed by atoms with Gasteiger partial charge in [0.25, 0.3) is 0 Å². The monoisotopic (exact) mass is 442 g/mol. The quantitative estimate of drug-likeness (QED) is 0.494. The molecule has 0 radical (unpaired) electrons. The van der Waals surface area contributed by atoms with Crippen LogP contribution in [0.3, 0.4) is 0 Å². The van der Waals surface area contributed by atoms with Crippen LogP contribution in [0.25, 0.3) is 16.5 Å². The highest BCUT2D eigenvalue weighted by atomic mass is 28.4. The van der Waals surface area contributed by atoms with Crippen molar-refractivity contribution >= 4 is 36.8 Å². The predicted molar refractivity (Wildman–Crippen MR) is 122 cm³/mol. The van der Waals surface area contributed by atoms with Gasteiger partial charge in [-0.05, 0) is 57.3 Å². The van der Waals surface area contributed by atoms with E-state index in [2.05, 4.69) is 0 Å². The van der Waals surface area contributed by atoms with Gasteiger partial charge < -0.3 is 18.6 Å². The molecule has 31 heavy (non-hydrogen) atoms. The molecule has 0 saturated carbocycles. The highest BCUT2D eigenvalue weighted by molar-refractivity contribution is 6.70. The van der Waals surface area contributed by atoms with E-state index in [4.69, 9.17) is 18.6 Å². The summed E-state index contributed by atoms with van der Waals surface area (Å²) in [6.45, 7) is 11.0. The maximum atomic E-state index is 13.4. The van der Waals surface area contributed by atoms with E-state index in [0.717, 1.165) is 10.8 Å². The molecule has 3 rings (SSSR count). The second kappa shape index (κ2) is 8.13. The first-order chi connectivity index (χ1) is 14.4. The first kappa shape index (κ1) is 23.0. The number of hydrogen-bond acceptors (Lipinski definition) is 6. The topological polar surface area (TPSA) is 71.1 Å². The molecule has 0 aromatic heterocycles. The molecule has 0 spiro atoms. The number of benzene rings is 2. The van der Waals surface area contributed by atoms with Crippen molar-refractivity contribution in [2.45, 2.75) is 51.6 Å². The molecule has 1 aliphatic rings. The fourth-order valence-electron chi connectivity index (χ4n) is 3.62. The lowest BCUT2D eigenvalue weighted by Crippen LogP contribution is -2.53. The maximum absolute atomic E-state index is 13.4. The standard InChI is InChI=1S/C24H30O6Si/c1-23(2,3)29-21(25)19-20(18-13-12-16-10-8-9-11-17(16)14-18)28-15-24(19,22(26)27-4)30-31(5,6)7/h8-14H,15H2,1-7H3. The molecule has 0 amide bonds. The van der Waals surface area contributed by atoms with Crippen LogP contribution >= 0.6 is 0 Å². The lowest BCUT2D eigenvalue weighted by molar-refractivity contribution is -0.164. The fraction of sp³-hybridized carbons (Fsp3) is 0.417. The van der Waals surface area contributed by atoms with Crippen LogP contribution in [-0.4, -0.2) is 45.2 Å². The molecule has 0 fully saturated rings. The van der Waals surface area contributed by atoms with Gasteiger partial charge in [0.1, 0.15) is 23.5 Å². The normalized spacial score (nSPS) is 19.3. The second-order valence-electron chi connectivity index (χ2n) is 9.59. The van der Waals surface area contributed by atoms with Gasteiger partial charge in [-0.2, -0.15) is 0 Å². The zero-order chi connectivity index (χ0) is 23.0. The Morgan fingerprint density at radius 2 is 1.68 bits per heavy atom. The highest BCUT2D eigenvalue weighted by Gasteiger charge is 2.57. The zero-order valence-corrected chi connectivity index (χ0v) is 20.2. The van der Waals surface area contributed by atoms with Crippen molar-refractivity contribution < 1.29 is 28.2 Å². The zero-order valence-electron chi connectivity index (χ0n) is 19.2. The van der Waals surface area contributed by atoms with Gasteiger partial charge in [0, 0.05) is 5.56 Å². The smallest absolute Gasteiger partial charge is 0.345 e. The molecule has 1 heterocycles. The Kier molecular flexibility index (Phi) is 6.04. The molecule has 2 aromatic rings. The van der Waals surface area contributed by atoms with E-state index in [9.17, 15) is 9.59 Å². The molecule has 0 N–H and O–H groups in total. The van der Waals surface area contributed by atoms with Crippen LogP contribution in [0.4, 0.5) is 0 Å². The van der Waals surface area contributed by atoms with Crippen molar-refractivity contribution in [1.82, 2.24) is 0 Å². The molecule has 7 heteroatoms. The SMILES string of the molecule is COC(=O)C1(O[Si](C)(C)C)COC(c2ccc3ccccc3c2)=C1C(=O)OC(C)(C)C. The predicted octanol–water partition coefficient (Wildman–Crippen LogP) is 4.69. The summed E-state index contributed by atoms with van der Waals surface area (Å²) in [6, 6.07) is 13.6. The number of fused-ring (bicyclic) bond motifs is 1. The van der Waals surface area contributed by atoms with E-state index in [-0.39, 0.29) is 17.9 Å². The van der Waals surface area contributed by atoms with Gasteiger partial charge in [-0.1, -0.05) is 36.4 Å². The number of methoxy groups -OCH3 is 1. The molecule has 0 bridgehead atoms. The summed E-state index contributed by atoms with van der Waals surface area (Å²) in [6.07, 6.45) is 0. The van der Waals surface area contributed by atoms with Crippen LogP contribution in [0.1, 0.15) is 26.3 Å². The molecule has 166 valence electrons. The molecular formula is C24H30O6Si. The van der Waals surface area contributed by atoms with Crippen LogP contribution in [0.5, 0.6) is 0 Å². The van der Waals surface area contributed by atoms with Crippen molar-refractivity contribution in [2.24, 2.45) is 0 Å². The maximum Gasteiger partial charge on any atom is 0.345 e. The van der Waals surface area contributed by atoms with Crippen molar-refractivity contribution in [3.8, 4) is 0 Å². The number of rotatable bonds is 5. The third-order valence-electron chi connectivity index (χ3n) is 4.66. The summed E-state index contributed by atoms with van der Waals surface area (Å²) in [4.78, 5) is 26.4. The molecule has 2 aromatic carbocycles. The molecule has 1 aliphatic heterocycles. The van der Waals surface area contributed by atoms with Gasteiger partial charge in [-0.15, -0.1) is 0 Å². The summed E-state index contributed by atoms with van der Waals surface area (Å²) in [5.74, 6) is -1.05.